The Balaban J connectivity index is 6.38. The maximum absolute atomic E-state index is 13.6. The summed E-state index contributed by atoms with van der Waals surface area (Å²) in [6.45, 7) is 24.6. The molecule has 0 amide bonds. The third-order valence-corrected chi connectivity index (χ3v) is 8.28. The van der Waals surface area contributed by atoms with Gasteiger partial charge in [0.05, 0.1) is 10.8 Å². The summed E-state index contributed by atoms with van der Waals surface area (Å²) >= 11 is 0. The van der Waals surface area contributed by atoms with Gasteiger partial charge in [0, 0.05) is 6.42 Å². The highest BCUT2D eigenvalue weighted by Crippen LogP contribution is 2.53. The van der Waals surface area contributed by atoms with Crippen LogP contribution in [0.15, 0.2) is 0 Å². The zero-order valence-electron chi connectivity index (χ0n) is 27.2. The van der Waals surface area contributed by atoms with Crippen molar-refractivity contribution in [3.05, 3.63) is 0 Å². The van der Waals surface area contributed by atoms with E-state index in [1.807, 2.05) is 48.5 Å². The molecule has 0 fully saturated rings. The van der Waals surface area contributed by atoms with Crippen LogP contribution in [0.3, 0.4) is 0 Å². The average molecular weight is 607 g/mol. The van der Waals surface area contributed by atoms with Crippen LogP contribution in [0.4, 0.5) is 26.3 Å². The van der Waals surface area contributed by atoms with Crippen LogP contribution in [0.5, 0.6) is 0 Å². The molecule has 244 valence electrons. The van der Waals surface area contributed by atoms with Crippen LogP contribution >= 0.6 is 0 Å². The maximum Gasteiger partial charge on any atom is 0.426 e. The number of alkyl halides is 6. The summed E-state index contributed by atoms with van der Waals surface area (Å²) < 4.78 is 90.3. The van der Waals surface area contributed by atoms with E-state index < -0.39 is 70.2 Å². The van der Waals surface area contributed by atoms with Crippen molar-refractivity contribution in [2.24, 2.45) is 33.5 Å². The second-order valence-electron chi connectivity index (χ2n) is 15.4. The maximum atomic E-state index is 13.6. The average Bonchev–Trinajstić information content (AvgIpc) is 2.68. The van der Waals surface area contributed by atoms with Crippen LogP contribution in [-0.2, 0) is 19.1 Å². The Morgan fingerprint density at radius 3 is 1.41 bits per heavy atom. The SMILES string of the molecule is CC(CC(O)(C(F)(F)F)C(F)(F)F)OC(=O)C(C)(CC(C)(C)C(C)C(C)(CC(C)(C)C)C(=O)OC(C)(C)C)C(C)C. The first-order valence-corrected chi connectivity index (χ1v) is 14.0. The Morgan fingerprint density at radius 2 is 1.10 bits per heavy atom. The van der Waals surface area contributed by atoms with Crippen LogP contribution in [0, 0.1) is 33.5 Å². The Hall–Kier alpha value is -1.52. The van der Waals surface area contributed by atoms with Gasteiger partial charge in [-0.2, -0.15) is 26.3 Å². The molecule has 4 unspecified atom stereocenters. The minimum absolute atomic E-state index is 0.107. The molecule has 0 aromatic carbocycles. The third-order valence-electron chi connectivity index (χ3n) is 8.28. The van der Waals surface area contributed by atoms with Gasteiger partial charge in [0.15, 0.2) is 0 Å². The second kappa shape index (κ2) is 12.2. The predicted molar refractivity (Wildman–Crippen MR) is 146 cm³/mol. The number of carbonyl (C=O) groups is 2. The number of hydrogen-bond acceptors (Lipinski definition) is 5. The lowest BCUT2D eigenvalue weighted by Crippen LogP contribution is -2.58. The molecule has 0 aliphatic carbocycles. The molecule has 0 aliphatic heterocycles. The van der Waals surface area contributed by atoms with Crippen LogP contribution in [-0.4, -0.2) is 46.7 Å². The van der Waals surface area contributed by atoms with Crippen molar-refractivity contribution in [1.29, 1.82) is 0 Å². The fourth-order valence-corrected chi connectivity index (χ4v) is 5.54. The Kier molecular flexibility index (Phi) is 11.8. The zero-order valence-corrected chi connectivity index (χ0v) is 27.2. The largest absolute Gasteiger partial charge is 0.462 e. The lowest BCUT2D eigenvalue weighted by molar-refractivity contribution is -0.373. The molecule has 0 aromatic rings. The van der Waals surface area contributed by atoms with Crippen LogP contribution in [0.25, 0.3) is 0 Å². The molecule has 1 N–H and O–H groups in total. The molecule has 0 bridgehead atoms. The monoisotopic (exact) mass is 606 g/mol. The number of aliphatic hydroxyl groups is 1. The molecule has 0 spiro atoms. The number of hydrogen-bond donors (Lipinski definition) is 1. The van der Waals surface area contributed by atoms with Gasteiger partial charge in [0.2, 0.25) is 0 Å². The van der Waals surface area contributed by atoms with Crippen molar-refractivity contribution in [2.75, 3.05) is 0 Å². The van der Waals surface area contributed by atoms with Crippen LogP contribution in [0.2, 0.25) is 0 Å². The van der Waals surface area contributed by atoms with Crippen LogP contribution < -0.4 is 0 Å². The van der Waals surface area contributed by atoms with E-state index in [1.165, 1.54) is 0 Å². The van der Waals surface area contributed by atoms with E-state index in [1.54, 1.807) is 41.5 Å². The quantitative estimate of drug-likeness (QED) is 0.188. The Labute approximate surface area is 242 Å². The molecule has 0 saturated carbocycles. The van der Waals surface area contributed by atoms with Crippen LogP contribution in [0.1, 0.15) is 116 Å². The van der Waals surface area contributed by atoms with Crippen molar-refractivity contribution in [2.45, 2.75) is 146 Å². The lowest BCUT2D eigenvalue weighted by Gasteiger charge is -2.49. The smallest absolute Gasteiger partial charge is 0.426 e. The molecule has 0 rings (SSSR count). The summed E-state index contributed by atoms with van der Waals surface area (Å²) in [5, 5.41) is 9.57. The van der Waals surface area contributed by atoms with Gasteiger partial charge in [-0.05, 0) is 77.0 Å². The fraction of sp³-hybridized carbons (Fsp3) is 0.933. The topological polar surface area (TPSA) is 72.8 Å². The molecule has 41 heavy (non-hydrogen) atoms. The van der Waals surface area contributed by atoms with E-state index >= 15 is 0 Å². The fourth-order valence-electron chi connectivity index (χ4n) is 5.54. The summed E-state index contributed by atoms with van der Waals surface area (Å²) in [4.78, 5) is 27.0. The van der Waals surface area contributed by atoms with Gasteiger partial charge in [-0.15, -0.1) is 0 Å². The summed E-state index contributed by atoms with van der Waals surface area (Å²) in [6.07, 6.45) is -15.3. The Morgan fingerprint density at radius 1 is 0.683 bits per heavy atom. The standard InChI is InChI=1S/C30H52F6O5/c1-18(2)26(13,21(37)40-19(3)15-28(39,29(31,32)33)30(34,35)36)17-25(11,12)20(4)27(14,16-23(5,6)7)22(38)41-24(8,9)10/h18-20,39H,15-17H2,1-14H3. The Bertz CT molecular complexity index is 896. The first-order valence-electron chi connectivity index (χ1n) is 14.0. The molecule has 0 aromatic heterocycles. The molecule has 5 nitrogen and oxygen atoms in total. The highest BCUT2D eigenvalue weighted by Gasteiger charge is 2.70. The van der Waals surface area contributed by atoms with Crippen molar-refractivity contribution in [3.63, 3.8) is 0 Å². The first-order chi connectivity index (χ1) is 17.7. The summed E-state index contributed by atoms with van der Waals surface area (Å²) in [5.41, 5.74) is -9.17. The third kappa shape index (κ3) is 9.75. The second-order valence-corrected chi connectivity index (χ2v) is 15.4. The van der Waals surface area contributed by atoms with Gasteiger partial charge in [0.1, 0.15) is 11.7 Å². The summed E-state index contributed by atoms with van der Waals surface area (Å²) in [5.74, 6) is -2.20. The molecular formula is C30H52F6O5. The minimum Gasteiger partial charge on any atom is -0.462 e. The van der Waals surface area contributed by atoms with Gasteiger partial charge < -0.3 is 14.6 Å². The molecule has 0 saturated heterocycles. The normalized spacial score (nSPS) is 18.8. The van der Waals surface area contributed by atoms with E-state index in [2.05, 4.69) is 0 Å². The highest BCUT2D eigenvalue weighted by atomic mass is 19.4. The van der Waals surface area contributed by atoms with Crippen molar-refractivity contribution >= 4 is 11.9 Å². The lowest BCUT2D eigenvalue weighted by atomic mass is 9.55. The molecule has 0 radical (unpaired) electrons. The first kappa shape index (κ1) is 39.5. The summed E-state index contributed by atoms with van der Waals surface area (Å²) in [6, 6.07) is 0. The molecular weight excluding hydrogens is 554 g/mol. The number of esters is 2. The van der Waals surface area contributed by atoms with E-state index in [4.69, 9.17) is 9.47 Å². The van der Waals surface area contributed by atoms with E-state index in [9.17, 15) is 41.0 Å². The van der Waals surface area contributed by atoms with E-state index in [0.29, 0.717) is 6.42 Å². The van der Waals surface area contributed by atoms with Gasteiger partial charge in [-0.25, -0.2) is 0 Å². The van der Waals surface area contributed by atoms with Gasteiger partial charge in [-0.1, -0.05) is 55.4 Å². The minimum atomic E-state index is -6.02. The number of halogens is 6. The number of carbonyl (C=O) groups excluding carboxylic acids is 2. The van der Waals surface area contributed by atoms with Gasteiger partial charge >= 0.3 is 24.3 Å². The van der Waals surface area contributed by atoms with Crippen molar-refractivity contribution in [1.82, 2.24) is 0 Å². The predicted octanol–water partition coefficient (Wildman–Crippen LogP) is 8.66. The van der Waals surface area contributed by atoms with E-state index in [0.717, 1.165) is 6.92 Å². The molecule has 0 aliphatic rings. The van der Waals surface area contributed by atoms with E-state index in [-0.39, 0.29) is 17.8 Å². The van der Waals surface area contributed by atoms with Crippen molar-refractivity contribution in [3.8, 4) is 0 Å². The molecule has 0 heterocycles. The van der Waals surface area contributed by atoms with Crippen molar-refractivity contribution < 1.29 is 50.5 Å². The van der Waals surface area contributed by atoms with Gasteiger partial charge in [0.25, 0.3) is 5.60 Å². The highest BCUT2D eigenvalue weighted by molar-refractivity contribution is 5.78. The van der Waals surface area contributed by atoms with Gasteiger partial charge in [-0.3, -0.25) is 9.59 Å². The summed E-state index contributed by atoms with van der Waals surface area (Å²) in [7, 11) is 0. The molecule has 4 atom stereocenters. The number of ether oxygens (including phenoxy) is 2. The molecule has 11 heteroatoms. The zero-order chi connectivity index (χ0) is 33.4. The number of rotatable bonds is 11.